The third-order valence-corrected chi connectivity index (χ3v) is 4.03. The molecule has 0 radical (unpaired) electrons. The molecule has 0 amide bonds. The average Bonchev–Trinajstić information content (AvgIpc) is 3.14. The smallest absolute Gasteiger partial charge is 0.208 e. The Morgan fingerprint density at radius 1 is 1.19 bits per heavy atom. The summed E-state index contributed by atoms with van der Waals surface area (Å²) in [5.74, 6) is 1.01. The summed E-state index contributed by atoms with van der Waals surface area (Å²) in [5.41, 5.74) is 2.31. The number of hydrogen-bond donors (Lipinski definition) is 0. The van der Waals surface area contributed by atoms with Gasteiger partial charge in [0, 0.05) is 19.0 Å². The van der Waals surface area contributed by atoms with Crippen LogP contribution in [0.25, 0.3) is 5.69 Å². The summed E-state index contributed by atoms with van der Waals surface area (Å²) in [5, 5.41) is 9.48. The van der Waals surface area contributed by atoms with E-state index in [-0.39, 0.29) is 0 Å². The van der Waals surface area contributed by atoms with Crippen LogP contribution in [0, 0.1) is 0 Å². The van der Waals surface area contributed by atoms with Crippen LogP contribution in [0.4, 0.5) is 0 Å². The maximum absolute atomic E-state index is 4.48. The van der Waals surface area contributed by atoms with Gasteiger partial charge < -0.3 is 0 Å². The molecular formula is C15H17N5S. The van der Waals surface area contributed by atoms with E-state index in [2.05, 4.69) is 21.4 Å². The molecular weight excluding hydrogens is 282 g/mol. The molecule has 0 saturated heterocycles. The molecule has 3 aromatic rings. The van der Waals surface area contributed by atoms with Crippen LogP contribution in [0.15, 0.2) is 54.2 Å². The number of benzene rings is 1. The van der Waals surface area contributed by atoms with E-state index >= 15 is 0 Å². The van der Waals surface area contributed by atoms with Gasteiger partial charge in [0.05, 0.1) is 11.9 Å². The Morgan fingerprint density at radius 2 is 2.05 bits per heavy atom. The molecule has 0 spiro atoms. The standard InChI is InChI=1S/C15H17N5S/c1-19-11-13(10-17-19)6-5-9-21-15-16-12-20(18-15)14-7-3-2-4-8-14/h2-4,7-8,10-12H,5-6,9H2,1H3. The third-order valence-electron chi connectivity index (χ3n) is 3.09. The molecule has 2 aromatic heterocycles. The zero-order valence-corrected chi connectivity index (χ0v) is 12.7. The lowest BCUT2D eigenvalue weighted by Gasteiger charge is -1.98. The highest BCUT2D eigenvalue weighted by atomic mass is 32.2. The molecule has 108 valence electrons. The van der Waals surface area contributed by atoms with Crippen molar-refractivity contribution < 1.29 is 0 Å². The molecule has 6 heteroatoms. The summed E-state index contributed by atoms with van der Waals surface area (Å²) >= 11 is 1.69. The first-order valence-electron chi connectivity index (χ1n) is 6.89. The fourth-order valence-corrected chi connectivity index (χ4v) is 2.80. The fraction of sp³-hybridized carbons (Fsp3) is 0.267. The molecule has 0 aliphatic carbocycles. The first-order chi connectivity index (χ1) is 10.3. The molecule has 5 nitrogen and oxygen atoms in total. The van der Waals surface area contributed by atoms with Gasteiger partial charge in [0.25, 0.3) is 0 Å². The van der Waals surface area contributed by atoms with Crippen LogP contribution in [0.2, 0.25) is 0 Å². The normalized spacial score (nSPS) is 10.9. The van der Waals surface area contributed by atoms with Gasteiger partial charge in [-0.1, -0.05) is 30.0 Å². The van der Waals surface area contributed by atoms with Crippen LogP contribution in [0.5, 0.6) is 0 Å². The fourth-order valence-electron chi connectivity index (χ4n) is 2.06. The highest BCUT2D eigenvalue weighted by molar-refractivity contribution is 7.99. The van der Waals surface area contributed by atoms with Crippen LogP contribution >= 0.6 is 11.8 Å². The van der Waals surface area contributed by atoms with Gasteiger partial charge >= 0.3 is 0 Å². The van der Waals surface area contributed by atoms with Crippen molar-refractivity contribution >= 4 is 11.8 Å². The largest absolute Gasteiger partial charge is 0.276 e. The van der Waals surface area contributed by atoms with E-state index in [1.165, 1.54) is 5.56 Å². The molecule has 2 heterocycles. The van der Waals surface area contributed by atoms with E-state index in [1.807, 2.05) is 52.9 Å². The Hall–Kier alpha value is -2.08. The van der Waals surface area contributed by atoms with Crippen molar-refractivity contribution in [3.05, 3.63) is 54.6 Å². The van der Waals surface area contributed by atoms with Gasteiger partial charge in [0.15, 0.2) is 0 Å². The summed E-state index contributed by atoms with van der Waals surface area (Å²) in [6, 6.07) is 10.0. The van der Waals surface area contributed by atoms with Crippen LogP contribution in [0.3, 0.4) is 0 Å². The minimum atomic E-state index is 0.824. The molecule has 0 N–H and O–H groups in total. The van der Waals surface area contributed by atoms with Crippen molar-refractivity contribution in [1.29, 1.82) is 0 Å². The molecule has 0 fully saturated rings. The first-order valence-corrected chi connectivity index (χ1v) is 7.87. The van der Waals surface area contributed by atoms with Gasteiger partial charge in [0.1, 0.15) is 6.33 Å². The highest BCUT2D eigenvalue weighted by Gasteiger charge is 2.03. The van der Waals surface area contributed by atoms with Crippen LogP contribution < -0.4 is 0 Å². The Morgan fingerprint density at radius 3 is 2.81 bits per heavy atom. The minimum absolute atomic E-state index is 0.824. The van der Waals surface area contributed by atoms with Crippen molar-refractivity contribution in [2.75, 3.05) is 5.75 Å². The highest BCUT2D eigenvalue weighted by Crippen LogP contribution is 2.16. The number of aromatic nitrogens is 5. The van der Waals surface area contributed by atoms with Crippen molar-refractivity contribution in [2.45, 2.75) is 18.0 Å². The van der Waals surface area contributed by atoms with E-state index < -0.39 is 0 Å². The van der Waals surface area contributed by atoms with Crippen molar-refractivity contribution in [3.8, 4) is 5.69 Å². The summed E-state index contributed by atoms with van der Waals surface area (Å²) < 4.78 is 3.65. The second-order valence-electron chi connectivity index (χ2n) is 4.78. The Balaban J connectivity index is 1.49. The van der Waals surface area contributed by atoms with Crippen LogP contribution in [0.1, 0.15) is 12.0 Å². The predicted octanol–water partition coefficient (Wildman–Crippen LogP) is 2.73. The quantitative estimate of drug-likeness (QED) is 0.519. The number of aryl methyl sites for hydroxylation is 2. The lowest BCUT2D eigenvalue weighted by molar-refractivity contribution is 0.766. The topological polar surface area (TPSA) is 48.5 Å². The summed E-state index contributed by atoms with van der Waals surface area (Å²) in [7, 11) is 1.94. The third kappa shape index (κ3) is 3.72. The maximum atomic E-state index is 4.48. The van der Waals surface area contributed by atoms with Crippen molar-refractivity contribution in [1.82, 2.24) is 24.5 Å². The zero-order valence-electron chi connectivity index (χ0n) is 11.9. The molecule has 0 bridgehead atoms. The van der Waals surface area contributed by atoms with E-state index in [1.54, 1.807) is 18.1 Å². The number of nitrogens with zero attached hydrogens (tertiary/aromatic N) is 5. The number of para-hydroxylation sites is 1. The summed E-state index contributed by atoms with van der Waals surface area (Å²) in [6.45, 7) is 0. The average molecular weight is 299 g/mol. The zero-order chi connectivity index (χ0) is 14.5. The molecule has 0 atom stereocenters. The second kappa shape index (κ2) is 6.58. The Labute approximate surface area is 128 Å². The molecule has 21 heavy (non-hydrogen) atoms. The van der Waals surface area contributed by atoms with Gasteiger partial charge in [-0.2, -0.15) is 5.10 Å². The molecule has 0 unspecified atom stereocenters. The lowest BCUT2D eigenvalue weighted by Crippen LogP contribution is -1.94. The van der Waals surface area contributed by atoms with Crippen molar-refractivity contribution in [2.24, 2.45) is 7.05 Å². The van der Waals surface area contributed by atoms with E-state index in [0.29, 0.717) is 0 Å². The van der Waals surface area contributed by atoms with E-state index in [9.17, 15) is 0 Å². The monoisotopic (exact) mass is 299 g/mol. The van der Waals surface area contributed by atoms with Crippen LogP contribution in [-0.4, -0.2) is 30.3 Å². The van der Waals surface area contributed by atoms with E-state index in [4.69, 9.17) is 0 Å². The lowest BCUT2D eigenvalue weighted by atomic mass is 10.2. The van der Waals surface area contributed by atoms with Gasteiger partial charge in [-0.05, 0) is 30.5 Å². The molecule has 0 aliphatic heterocycles. The number of rotatable bonds is 6. The molecule has 1 aromatic carbocycles. The first kappa shape index (κ1) is 13.9. The maximum Gasteiger partial charge on any atom is 0.208 e. The van der Waals surface area contributed by atoms with E-state index in [0.717, 1.165) is 29.4 Å². The van der Waals surface area contributed by atoms with Crippen LogP contribution in [-0.2, 0) is 13.5 Å². The molecule has 0 saturated carbocycles. The Kier molecular flexibility index (Phi) is 4.35. The molecule has 0 aliphatic rings. The number of thioether (sulfide) groups is 1. The minimum Gasteiger partial charge on any atom is -0.276 e. The van der Waals surface area contributed by atoms with Crippen molar-refractivity contribution in [3.63, 3.8) is 0 Å². The van der Waals surface area contributed by atoms with Gasteiger partial charge in [-0.3, -0.25) is 4.68 Å². The molecule has 3 rings (SSSR count). The summed E-state index contributed by atoms with van der Waals surface area (Å²) in [4.78, 5) is 4.34. The van der Waals surface area contributed by atoms with Gasteiger partial charge in [-0.15, -0.1) is 5.10 Å². The number of hydrogen-bond acceptors (Lipinski definition) is 4. The predicted molar refractivity (Wildman–Crippen MR) is 83.6 cm³/mol. The SMILES string of the molecule is Cn1cc(CCCSc2ncn(-c3ccccc3)n2)cn1. The summed E-state index contributed by atoms with van der Waals surface area (Å²) in [6.07, 6.45) is 7.88. The van der Waals surface area contributed by atoms with Gasteiger partial charge in [-0.25, -0.2) is 9.67 Å². The Bertz CT molecular complexity index is 689. The van der Waals surface area contributed by atoms with Gasteiger partial charge in [0.2, 0.25) is 5.16 Å². The second-order valence-corrected chi connectivity index (χ2v) is 5.84.